The maximum absolute atomic E-state index is 12.1. The van der Waals surface area contributed by atoms with Crippen molar-refractivity contribution in [2.45, 2.75) is 30.4 Å². The molecule has 0 bridgehead atoms. The first-order chi connectivity index (χ1) is 6.68. The lowest BCUT2D eigenvalue weighted by Gasteiger charge is -2.20. The lowest BCUT2D eigenvalue weighted by atomic mass is 10.3. The predicted octanol–water partition coefficient (Wildman–Crippen LogP) is 3.57. The van der Waals surface area contributed by atoms with Crippen molar-refractivity contribution in [3.8, 4) is 0 Å². The summed E-state index contributed by atoms with van der Waals surface area (Å²) in [5.74, 6) is 0. The molecule has 0 amide bonds. The van der Waals surface area contributed by atoms with Crippen LogP contribution in [0.25, 0.3) is 0 Å². The fraction of sp³-hybridized carbons (Fsp3) is 0.400. The van der Waals surface area contributed by atoms with Crippen LogP contribution >= 0.6 is 23.2 Å². The van der Waals surface area contributed by atoms with Crippen LogP contribution in [-0.4, -0.2) is 13.2 Å². The SMILES string of the molecule is CC(C)(C)S(=O)(=O)c1cccc(Cl)c1Cl. The van der Waals surface area contributed by atoms with Crippen molar-refractivity contribution in [2.24, 2.45) is 0 Å². The zero-order valence-electron chi connectivity index (χ0n) is 8.71. The zero-order chi connectivity index (χ0) is 11.9. The zero-order valence-corrected chi connectivity index (χ0v) is 11.0. The van der Waals surface area contributed by atoms with Gasteiger partial charge in [-0.3, -0.25) is 0 Å². The maximum Gasteiger partial charge on any atom is 0.184 e. The number of hydrogen-bond acceptors (Lipinski definition) is 2. The average Bonchev–Trinajstić information content (AvgIpc) is 2.07. The number of rotatable bonds is 1. The van der Waals surface area contributed by atoms with E-state index in [1.807, 2.05) is 0 Å². The Kier molecular flexibility index (Phi) is 3.39. The molecule has 0 saturated heterocycles. The summed E-state index contributed by atoms with van der Waals surface area (Å²) < 4.78 is 23.3. The summed E-state index contributed by atoms with van der Waals surface area (Å²) in [4.78, 5) is 0.0872. The molecular formula is C10H12Cl2O2S. The molecule has 15 heavy (non-hydrogen) atoms. The van der Waals surface area contributed by atoms with Gasteiger partial charge in [0.05, 0.1) is 19.7 Å². The minimum atomic E-state index is -3.45. The Labute approximate surface area is 100 Å². The van der Waals surface area contributed by atoms with Crippen molar-refractivity contribution in [1.82, 2.24) is 0 Å². The lowest BCUT2D eigenvalue weighted by molar-refractivity contribution is 0.560. The van der Waals surface area contributed by atoms with Crippen molar-refractivity contribution in [2.75, 3.05) is 0 Å². The largest absolute Gasteiger partial charge is 0.223 e. The van der Waals surface area contributed by atoms with Gasteiger partial charge in [0.25, 0.3) is 0 Å². The molecule has 84 valence electrons. The van der Waals surface area contributed by atoms with Crippen LogP contribution in [0.4, 0.5) is 0 Å². The van der Waals surface area contributed by atoms with E-state index < -0.39 is 14.6 Å². The molecule has 0 unspecified atom stereocenters. The van der Waals surface area contributed by atoms with Crippen molar-refractivity contribution in [1.29, 1.82) is 0 Å². The lowest BCUT2D eigenvalue weighted by Crippen LogP contribution is -2.28. The highest BCUT2D eigenvalue weighted by Gasteiger charge is 2.32. The van der Waals surface area contributed by atoms with Gasteiger partial charge in [0.15, 0.2) is 9.84 Å². The highest BCUT2D eigenvalue weighted by molar-refractivity contribution is 7.92. The second kappa shape index (κ2) is 3.96. The van der Waals surface area contributed by atoms with Gasteiger partial charge in [-0.15, -0.1) is 0 Å². The molecular weight excluding hydrogens is 255 g/mol. The standard InChI is InChI=1S/C10H12Cl2O2S/c1-10(2,3)15(13,14)8-6-4-5-7(11)9(8)12/h4-6H,1-3H3. The van der Waals surface area contributed by atoms with Crippen LogP contribution in [0.2, 0.25) is 10.0 Å². The molecule has 0 aromatic heterocycles. The molecule has 1 aromatic rings. The maximum atomic E-state index is 12.1. The smallest absolute Gasteiger partial charge is 0.184 e. The van der Waals surface area contributed by atoms with E-state index in [4.69, 9.17) is 23.2 Å². The molecule has 2 nitrogen and oxygen atoms in total. The van der Waals surface area contributed by atoms with Crippen LogP contribution < -0.4 is 0 Å². The fourth-order valence-electron chi connectivity index (χ4n) is 1.02. The monoisotopic (exact) mass is 266 g/mol. The van der Waals surface area contributed by atoms with Gasteiger partial charge in [-0.25, -0.2) is 8.42 Å². The van der Waals surface area contributed by atoms with E-state index in [0.29, 0.717) is 0 Å². The molecule has 0 spiro atoms. The minimum absolute atomic E-state index is 0.0872. The van der Waals surface area contributed by atoms with Crippen LogP contribution in [0, 0.1) is 0 Å². The van der Waals surface area contributed by atoms with Gasteiger partial charge < -0.3 is 0 Å². The van der Waals surface area contributed by atoms with Gasteiger partial charge in [-0.05, 0) is 32.9 Å². The van der Waals surface area contributed by atoms with E-state index in [1.54, 1.807) is 32.9 Å². The Bertz CT molecular complexity index is 473. The first-order valence-electron chi connectivity index (χ1n) is 4.36. The molecule has 0 N–H and O–H groups in total. The van der Waals surface area contributed by atoms with Gasteiger partial charge in [-0.1, -0.05) is 29.3 Å². The highest BCUT2D eigenvalue weighted by atomic mass is 35.5. The van der Waals surface area contributed by atoms with Gasteiger partial charge in [0, 0.05) is 0 Å². The minimum Gasteiger partial charge on any atom is -0.223 e. The Hall–Kier alpha value is -0.250. The molecule has 0 aliphatic rings. The van der Waals surface area contributed by atoms with E-state index >= 15 is 0 Å². The average molecular weight is 267 g/mol. The summed E-state index contributed by atoms with van der Waals surface area (Å²) in [5.41, 5.74) is 0. The first-order valence-corrected chi connectivity index (χ1v) is 6.60. The molecule has 1 rings (SSSR count). The summed E-state index contributed by atoms with van der Waals surface area (Å²) in [6, 6.07) is 4.60. The summed E-state index contributed by atoms with van der Waals surface area (Å²) in [7, 11) is -3.45. The molecule has 0 saturated carbocycles. The topological polar surface area (TPSA) is 34.1 Å². The molecule has 0 radical (unpaired) electrons. The predicted molar refractivity (Wildman–Crippen MR) is 63.4 cm³/mol. The fourth-order valence-corrected chi connectivity index (χ4v) is 2.95. The van der Waals surface area contributed by atoms with Gasteiger partial charge in [0.1, 0.15) is 0 Å². The first kappa shape index (κ1) is 12.8. The van der Waals surface area contributed by atoms with Crippen molar-refractivity contribution >= 4 is 33.0 Å². The summed E-state index contributed by atoms with van der Waals surface area (Å²) >= 11 is 11.6. The third-order valence-corrected chi connectivity index (χ3v) is 5.47. The third kappa shape index (κ3) is 2.30. The normalized spacial score (nSPS) is 12.9. The van der Waals surface area contributed by atoms with Crippen LogP contribution in [0.3, 0.4) is 0 Å². The third-order valence-electron chi connectivity index (χ3n) is 2.01. The van der Waals surface area contributed by atoms with Gasteiger partial charge >= 0.3 is 0 Å². The molecule has 1 aromatic carbocycles. The Balaban J connectivity index is 3.49. The highest BCUT2D eigenvalue weighted by Crippen LogP contribution is 2.34. The van der Waals surface area contributed by atoms with Crippen molar-refractivity contribution < 1.29 is 8.42 Å². The Morgan fingerprint density at radius 1 is 1.13 bits per heavy atom. The quantitative estimate of drug-likeness (QED) is 0.779. The van der Waals surface area contributed by atoms with Crippen LogP contribution in [0.5, 0.6) is 0 Å². The van der Waals surface area contributed by atoms with Crippen molar-refractivity contribution in [3.63, 3.8) is 0 Å². The Morgan fingerprint density at radius 2 is 1.67 bits per heavy atom. The van der Waals surface area contributed by atoms with E-state index in [-0.39, 0.29) is 14.9 Å². The number of benzene rings is 1. The Morgan fingerprint density at radius 3 is 2.13 bits per heavy atom. The van der Waals surface area contributed by atoms with Gasteiger partial charge in [0.2, 0.25) is 0 Å². The molecule has 0 atom stereocenters. The molecule has 0 heterocycles. The number of halogens is 2. The summed E-state index contributed by atoms with van der Waals surface area (Å²) in [5, 5.41) is 0.344. The molecule has 0 aliphatic carbocycles. The van der Waals surface area contributed by atoms with Crippen LogP contribution in [-0.2, 0) is 9.84 Å². The second-order valence-electron chi connectivity index (χ2n) is 4.17. The van der Waals surface area contributed by atoms with E-state index in [2.05, 4.69) is 0 Å². The van der Waals surface area contributed by atoms with Crippen LogP contribution in [0.15, 0.2) is 23.1 Å². The number of sulfone groups is 1. The molecule has 5 heteroatoms. The second-order valence-corrected chi connectivity index (χ2v) is 7.62. The summed E-state index contributed by atoms with van der Waals surface area (Å²) in [6.07, 6.45) is 0. The van der Waals surface area contributed by atoms with E-state index in [9.17, 15) is 8.42 Å². The van der Waals surface area contributed by atoms with Crippen molar-refractivity contribution in [3.05, 3.63) is 28.2 Å². The van der Waals surface area contributed by atoms with Gasteiger partial charge in [-0.2, -0.15) is 0 Å². The van der Waals surface area contributed by atoms with E-state index in [0.717, 1.165) is 0 Å². The number of hydrogen-bond donors (Lipinski definition) is 0. The van der Waals surface area contributed by atoms with E-state index in [1.165, 1.54) is 6.07 Å². The summed E-state index contributed by atoms with van der Waals surface area (Å²) in [6.45, 7) is 4.87. The molecule has 0 fully saturated rings. The molecule has 0 aliphatic heterocycles. The van der Waals surface area contributed by atoms with Crippen LogP contribution in [0.1, 0.15) is 20.8 Å².